The van der Waals surface area contributed by atoms with Crippen molar-refractivity contribution in [2.24, 2.45) is 4.99 Å². The largest absolute Gasteiger partial charge is 0.326 e. The topological polar surface area (TPSA) is 70.6 Å². The van der Waals surface area contributed by atoms with Gasteiger partial charge in [-0.3, -0.25) is 14.6 Å². The Hall–Kier alpha value is -1.53. The molecule has 106 valence electrons. The van der Waals surface area contributed by atoms with Crippen LogP contribution in [0.4, 0.5) is 5.69 Å². The Morgan fingerprint density at radius 1 is 1.55 bits per heavy atom. The van der Waals surface area contributed by atoms with Crippen LogP contribution in [-0.2, 0) is 9.59 Å². The Kier molecular flexibility index (Phi) is 4.67. The molecule has 2 rings (SSSR count). The van der Waals surface area contributed by atoms with E-state index in [0.717, 1.165) is 5.56 Å². The van der Waals surface area contributed by atoms with Crippen LogP contribution in [0.5, 0.6) is 0 Å². The molecule has 0 saturated carbocycles. The highest BCUT2D eigenvalue weighted by Gasteiger charge is 2.31. The summed E-state index contributed by atoms with van der Waals surface area (Å²) in [6.45, 7) is 1.83. The van der Waals surface area contributed by atoms with Crippen LogP contribution in [0.3, 0.4) is 0 Å². The van der Waals surface area contributed by atoms with Crippen LogP contribution in [0, 0.1) is 6.92 Å². The highest BCUT2D eigenvalue weighted by molar-refractivity contribution is 8.15. The third-order valence-electron chi connectivity index (χ3n) is 2.89. The number of nitrogens with zero attached hydrogens (tertiary/aromatic N) is 1. The lowest BCUT2D eigenvalue weighted by Gasteiger charge is -2.10. The van der Waals surface area contributed by atoms with Gasteiger partial charge in [-0.25, -0.2) is 0 Å². The maximum absolute atomic E-state index is 12.0. The second-order valence-corrected chi connectivity index (χ2v) is 5.89. The molecule has 7 heteroatoms. The molecule has 1 saturated heterocycles. The number of aliphatic imine (C=N–C) groups is 1. The summed E-state index contributed by atoms with van der Waals surface area (Å²) < 4.78 is 0. The van der Waals surface area contributed by atoms with Gasteiger partial charge in [-0.15, -0.1) is 0 Å². The van der Waals surface area contributed by atoms with E-state index in [1.54, 1.807) is 25.2 Å². The number of benzene rings is 1. The number of anilines is 1. The molecule has 1 aromatic carbocycles. The van der Waals surface area contributed by atoms with Crippen LogP contribution >= 0.6 is 23.4 Å². The molecule has 1 aliphatic heterocycles. The van der Waals surface area contributed by atoms with Gasteiger partial charge in [0.15, 0.2) is 5.17 Å². The predicted octanol–water partition coefficient (Wildman–Crippen LogP) is 2.19. The molecule has 1 fully saturated rings. The van der Waals surface area contributed by atoms with Crippen molar-refractivity contribution < 1.29 is 9.59 Å². The summed E-state index contributed by atoms with van der Waals surface area (Å²) in [5, 5.41) is 6.10. The van der Waals surface area contributed by atoms with E-state index in [1.807, 2.05) is 6.92 Å². The van der Waals surface area contributed by atoms with Crippen molar-refractivity contribution in [1.82, 2.24) is 5.32 Å². The number of amidine groups is 1. The number of hydrogen-bond acceptors (Lipinski definition) is 4. The highest BCUT2D eigenvalue weighted by Crippen LogP contribution is 2.25. The van der Waals surface area contributed by atoms with Crippen LogP contribution in [0.2, 0.25) is 5.02 Å². The molecular weight excluding hydrogens is 298 g/mol. The fourth-order valence-corrected chi connectivity index (χ4v) is 2.87. The van der Waals surface area contributed by atoms with Gasteiger partial charge in [-0.2, -0.15) is 0 Å². The van der Waals surface area contributed by atoms with E-state index in [4.69, 9.17) is 11.6 Å². The molecule has 0 bridgehead atoms. The Bertz CT molecular complexity index is 589. The number of rotatable bonds is 3. The van der Waals surface area contributed by atoms with Crippen LogP contribution < -0.4 is 10.6 Å². The second-order valence-electron chi connectivity index (χ2n) is 4.29. The quantitative estimate of drug-likeness (QED) is 0.899. The minimum absolute atomic E-state index is 0.0987. The number of amides is 2. The maximum atomic E-state index is 12.0. The van der Waals surface area contributed by atoms with Gasteiger partial charge in [0, 0.05) is 24.2 Å². The standard InChI is InChI=1S/C13H14ClN3O2S/c1-7-8(14)4-3-5-9(7)16-11(18)6-10-12(19)17-13(15-2)20-10/h3-5,10H,6H2,1-2H3,(H,16,18)(H,15,17,19)/t10-/m0/s1. The molecular formula is C13H14ClN3O2S. The Balaban J connectivity index is 2.00. The minimum Gasteiger partial charge on any atom is -0.326 e. The van der Waals surface area contributed by atoms with Crippen LogP contribution in [-0.4, -0.2) is 29.3 Å². The number of carbonyl (C=O) groups excluding carboxylic acids is 2. The van der Waals surface area contributed by atoms with Gasteiger partial charge in [-0.1, -0.05) is 29.4 Å². The van der Waals surface area contributed by atoms with E-state index in [0.29, 0.717) is 15.9 Å². The van der Waals surface area contributed by atoms with Crippen LogP contribution in [0.1, 0.15) is 12.0 Å². The van der Waals surface area contributed by atoms with Crippen molar-refractivity contribution in [3.05, 3.63) is 28.8 Å². The smallest absolute Gasteiger partial charge is 0.240 e. The Labute approximate surface area is 126 Å². The number of hydrogen-bond donors (Lipinski definition) is 2. The van der Waals surface area contributed by atoms with E-state index in [9.17, 15) is 9.59 Å². The molecule has 0 aromatic heterocycles. The predicted molar refractivity (Wildman–Crippen MR) is 82.3 cm³/mol. The summed E-state index contributed by atoms with van der Waals surface area (Å²) in [5.41, 5.74) is 1.47. The first-order chi connectivity index (χ1) is 9.51. The van der Waals surface area contributed by atoms with E-state index in [-0.39, 0.29) is 18.2 Å². The Morgan fingerprint density at radius 2 is 2.30 bits per heavy atom. The van der Waals surface area contributed by atoms with Gasteiger partial charge in [-0.05, 0) is 24.6 Å². The molecule has 20 heavy (non-hydrogen) atoms. The molecule has 1 heterocycles. The molecule has 0 spiro atoms. The van der Waals surface area contributed by atoms with Gasteiger partial charge in [0.25, 0.3) is 0 Å². The van der Waals surface area contributed by atoms with E-state index in [2.05, 4.69) is 15.6 Å². The third kappa shape index (κ3) is 3.32. The lowest BCUT2D eigenvalue weighted by atomic mass is 10.2. The summed E-state index contributed by atoms with van der Waals surface area (Å²) in [4.78, 5) is 27.5. The Morgan fingerprint density at radius 3 is 2.95 bits per heavy atom. The first-order valence-electron chi connectivity index (χ1n) is 6.00. The fraction of sp³-hybridized carbons (Fsp3) is 0.308. The molecule has 2 amide bonds. The summed E-state index contributed by atoms with van der Waals surface area (Å²) in [7, 11) is 1.60. The molecule has 5 nitrogen and oxygen atoms in total. The van der Waals surface area contributed by atoms with E-state index >= 15 is 0 Å². The second kappa shape index (κ2) is 6.28. The summed E-state index contributed by atoms with van der Waals surface area (Å²) in [5.74, 6) is -0.408. The monoisotopic (exact) mass is 311 g/mol. The average molecular weight is 312 g/mol. The van der Waals surface area contributed by atoms with Gasteiger partial charge in [0.2, 0.25) is 11.8 Å². The van der Waals surface area contributed by atoms with Crippen molar-refractivity contribution >= 4 is 46.0 Å². The minimum atomic E-state index is -0.437. The zero-order chi connectivity index (χ0) is 14.7. The lowest BCUT2D eigenvalue weighted by molar-refractivity contribution is -0.122. The molecule has 2 N–H and O–H groups in total. The van der Waals surface area contributed by atoms with Gasteiger partial charge >= 0.3 is 0 Å². The number of thioether (sulfide) groups is 1. The zero-order valence-corrected chi connectivity index (χ0v) is 12.6. The van der Waals surface area contributed by atoms with Crippen LogP contribution in [0.25, 0.3) is 0 Å². The van der Waals surface area contributed by atoms with E-state index < -0.39 is 5.25 Å². The van der Waals surface area contributed by atoms with Crippen molar-refractivity contribution in [1.29, 1.82) is 0 Å². The zero-order valence-electron chi connectivity index (χ0n) is 11.1. The third-order valence-corrected chi connectivity index (χ3v) is 4.47. The average Bonchev–Trinajstić information content (AvgIpc) is 2.76. The van der Waals surface area contributed by atoms with Crippen molar-refractivity contribution in [3.8, 4) is 0 Å². The van der Waals surface area contributed by atoms with Gasteiger partial charge in [0.05, 0.1) is 0 Å². The van der Waals surface area contributed by atoms with Crippen LogP contribution in [0.15, 0.2) is 23.2 Å². The summed E-state index contributed by atoms with van der Waals surface area (Å²) in [6, 6.07) is 5.31. The fourth-order valence-electron chi connectivity index (χ4n) is 1.76. The number of nitrogens with one attached hydrogen (secondary N) is 2. The molecule has 1 aromatic rings. The molecule has 1 atom stereocenters. The number of carbonyl (C=O) groups is 2. The van der Waals surface area contributed by atoms with Gasteiger partial charge in [0.1, 0.15) is 5.25 Å². The molecule has 0 aliphatic carbocycles. The first kappa shape index (κ1) is 14.9. The van der Waals surface area contributed by atoms with Gasteiger partial charge < -0.3 is 10.6 Å². The van der Waals surface area contributed by atoms with Crippen molar-refractivity contribution in [2.75, 3.05) is 12.4 Å². The molecule has 0 radical (unpaired) electrons. The summed E-state index contributed by atoms with van der Waals surface area (Å²) in [6.07, 6.45) is 0.0987. The lowest BCUT2D eigenvalue weighted by Crippen LogP contribution is -2.28. The highest BCUT2D eigenvalue weighted by atomic mass is 35.5. The van der Waals surface area contributed by atoms with Crippen molar-refractivity contribution in [2.45, 2.75) is 18.6 Å². The molecule has 0 unspecified atom stereocenters. The first-order valence-corrected chi connectivity index (χ1v) is 7.26. The normalized spacial score (nSPS) is 20.1. The SMILES string of the molecule is CN=C1NC(=O)[C@H](CC(=O)Nc2cccc(Cl)c2C)S1. The molecule has 1 aliphatic rings. The van der Waals surface area contributed by atoms with E-state index in [1.165, 1.54) is 11.8 Å². The maximum Gasteiger partial charge on any atom is 0.240 e. The van der Waals surface area contributed by atoms with Crippen molar-refractivity contribution in [3.63, 3.8) is 0 Å². The number of halogens is 1. The summed E-state index contributed by atoms with van der Waals surface area (Å²) >= 11 is 7.26.